The summed E-state index contributed by atoms with van der Waals surface area (Å²) >= 11 is 0. The first-order valence-corrected chi connectivity index (χ1v) is 9.99. The third kappa shape index (κ3) is 4.57. The Balaban J connectivity index is 3.13. The fraction of sp³-hybridized carbons (Fsp3) is 0.467. The van der Waals surface area contributed by atoms with Crippen LogP contribution >= 0.6 is 0 Å². The van der Waals surface area contributed by atoms with Crippen molar-refractivity contribution in [2.45, 2.75) is 39.9 Å². The second kappa shape index (κ2) is 6.64. The zero-order chi connectivity index (χ0) is 13.6. The second-order valence-corrected chi connectivity index (χ2v) is 9.56. The van der Waals surface area contributed by atoms with Gasteiger partial charge in [-0.2, -0.15) is 0 Å². The smallest absolute Gasteiger partial charge is 0.269 e. The Bertz CT molecular complexity index is 391. The van der Waals surface area contributed by atoms with Gasteiger partial charge in [0.1, 0.15) is 0 Å². The molecule has 0 heterocycles. The summed E-state index contributed by atoms with van der Waals surface area (Å²) in [6.07, 6.45) is 0.907. The Hall–Kier alpha value is -1.22. The van der Waals surface area contributed by atoms with Crippen molar-refractivity contribution in [1.82, 2.24) is 0 Å². The van der Waals surface area contributed by atoms with E-state index in [1.165, 1.54) is 5.56 Å². The lowest BCUT2D eigenvalue weighted by Gasteiger charge is -2.24. The topological polar surface area (TPSA) is 18.5 Å². The lowest BCUT2D eigenvalue weighted by Crippen LogP contribution is -2.26. The third-order valence-electron chi connectivity index (χ3n) is 2.40. The van der Waals surface area contributed by atoms with Crippen LogP contribution in [-0.2, 0) is 9.16 Å². The molecule has 1 aromatic rings. The molecule has 3 heteroatoms. The molecule has 0 fully saturated rings. The van der Waals surface area contributed by atoms with Crippen molar-refractivity contribution in [2.75, 3.05) is 6.61 Å². The number of benzene rings is 1. The molecule has 0 spiro atoms. The van der Waals surface area contributed by atoms with Gasteiger partial charge in [0.2, 0.25) is 8.32 Å². The molecule has 0 saturated heterocycles. The Morgan fingerprint density at radius 3 is 2.11 bits per heavy atom. The van der Waals surface area contributed by atoms with Gasteiger partial charge in [0.15, 0.2) is 0 Å². The van der Waals surface area contributed by atoms with E-state index in [2.05, 4.69) is 38.7 Å². The lowest BCUT2D eigenvalue weighted by molar-refractivity contribution is 0.114. The molecule has 0 atom stereocenters. The van der Waals surface area contributed by atoms with Gasteiger partial charge in [-0.05, 0) is 38.5 Å². The molecule has 0 aliphatic rings. The Morgan fingerprint density at radius 1 is 1.06 bits per heavy atom. The predicted molar refractivity (Wildman–Crippen MR) is 79.7 cm³/mol. The van der Waals surface area contributed by atoms with Gasteiger partial charge in [0, 0.05) is 5.57 Å². The molecule has 0 amide bonds. The number of hydrogen-bond acceptors (Lipinski definition) is 2. The molecule has 0 N–H and O–H groups in total. The van der Waals surface area contributed by atoms with Gasteiger partial charge in [-0.1, -0.05) is 37.3 Å². The van der Waals surface area contributed by atoms with E-state index in [9.17, 15) is 0 Å². The first kappa shape index (κ1) is 14.8. The minimum Gasteiger partial charge on any atom is -0.519 e. The highest BCUT2D eigenvalue weighted by Gasteiger charge is 2.21. The van der Waals surface area contributed by atoms with E-state index in [1.54, 1.807) is 0 Å². The third-order valence-corrected chi connectivity index (χ3v) is 3.19. The minimum absolute atomic E-state index is 0.635. The van der Waals surface area contributed by atoms with Gasteiger partial charge in [0.05, 0.1) is 6.61 Å². The van der Waals surface area contributed by atoms with Crippen molar-refractivity contribution in [2.24, 2.45) is 0 Å². The van der Waals surface area contributed by atoms with Crippen LogP contribution in [0.2, 0.25) is 19.6 Å². The van der Waals surface area contributed by atoms with Gasteiger partial charge in [-0.3, -0.25) is 0 Å². The number of hydrogen-bond donors (Lipinski definition) is 0. The zero-order valence-corrected chi connectivity index (χ0v) is 13.1. The summed E-state index contributed by atoms with van der Waals surface area (Å²) in [5, 5.41) is 0. The standard InChI is InChI=1S/C15H24O2Si/c1-6-14(13-11-9-8-10-12-13)15(16-7-2)17-18(3,4)5/h8-12H,6-7H2,1-5H3/b15-14+. The first-order valence-electron chi connectivity index (χ1n) is 6.58. The molecule has 0 unspecified atom stereocenters. The maximum absolute atomic E-state index is 6.08. The molecule has 1 rings (SSSR count). The number of ether oxygens (including phenoxy) is 1. The van der Waals surface area contributed by atoms with Crippen LogP contribution < -0.4 is 0 Å². The average Bonchev–Trinajstić information content (AvgIpc) is 2.29. The SMILES string of the molecule is CCO/C(O[Si](C)(C)C)=C(/CC)c1ccccc1. The summed E-state index contributed by atoms with van der Waals surface area (Å²) < 4.78 is 11.8. The Morgan fingerprint density at radius 2 is 1.67 bits per heavy atom. The first-order chi connectivity index (χ1) is 8.48. The molecular weight excluding hydrogens is 240 g/mol. The quantitative estimate of drug-likeness (QED) is 0.550. The maximum atomic E-state index is 6.08. The van der Waals surface area contributed by atoms with Crippen LogP contribution in [0.4, 0.5) is 0 Å². The summed E-state index contributed by atoms with van der Waals surface area (Å²) in [6.45, 7) is 11.3. The highest BCUT2D eigenvalue weighted by Crippen LogP contribution is 2.26. The van der Waals surface area contributed by atoms with Crippen LogP contribution in [0.5, 0.6) is 0 Å². The molecular formula is C15H24O2Si. The molecule has 0 radical (unpaired) electrons. The van der Waals surface area contributed by atoms with Crippen molar-refractivity contribution >= 4 is 13.9 Å². The zero-order valence-electron chi connectivity index (χ0n) is 12.1. The molecule has 0 saturated carbocycles. The van der Waals surface area contributed by atoms with Crippen molar-refractivity contribution in [3.05, 3.63) is 41.8 Å². The Labute approximate surface area is 112 Å². The number of rotatable bonds is 6. The van der Waals surface area contributed by atoms with E-state index in [0.717, 1.165) is 12.0 Å². The van der Waals surface area contributed by atoms with Gasteiger partial charge < -0.3 is 9.16 Å². The van der Waals surface area contributed by atoms with Gasteiger partial charge >= 0.3 is 0 Å². The molecule has 0 aliphatic heterocycles. The Kier molecular flexibility index (Phi) is 5.47. The summed E-state index contributed by atoms with van der Waals surface area (Å²) in [7, 11) is -1.65. The van der Waals surface area contributed by atoms with Crippen LogP contribution in [0, 0.1) is 0 Å². The van der Waals surface area contributed by atoms with Crippen LogP contribution in [0.3, 0.4) is 0 Å². The molecule has 1 aromatic carbocycles. The van der Waals surface area contributed by atoms with E-state index < -0.39 is 8.32 Å². The van der Waals surface area contributed by atoms with Crippen LogP contribution in [0.25, 0.3) is 5.57 Å². The molecule has 100 valence electrons. The molecule has 0 aliphatic carbocycles. The monoisotopic (exact) mass is 264 g/mol. The van der Waals surface area contributed by atoms with Gasteiger partial charge in [-0.15, -0.1) is 0 Å². The van der Waals surface area contributed by atoms with Crippen LogP contribution in [0.1, 0.15) is 25.8 Å². The summed E-state index contributed by atoms with van der Waals surface area (Å²) in [5.74, 6) is 0.713. The largest absolute Gasteiger partial charge is 0.519 e. The lowest BCUT2D eigenvalue weighted by atomic mass is 10.0. The summed E-state index contributed by atoms with van der Waals surface area (Å²) in [4.78, 5) is 0. The summed E-state index contributed by atoms with van der Waals surface area (Å²) in [5.41, 5.74) is 2.33. The fourth-order valence-electron chi connectivity index (χ4n) is 1.69. The fourth-order valence-corrected chi connectivity index (χ4v) is 2.43. The summed E-state index contributed by atoms with van der Waals surface area (Å²) in [6, 6.07) is 10.3. The maximum Gasteiger partial charge on any atom is 0.269 e. The van der Waals surface area contributed by atoms with E-state index in [0.29, 0.717) is 12.6 Å². The van der Waals surface area contributed by atoms with Crippen molar-refractivity contribution < 1.29 is 9.16 Å². The second-order valence-electron chi connectivity index (χ2n) is 5.13. The molecule has 0 bridgehead atoms. The molecule has 0 aromatic heterocycles. The van der Waals surface area contributed by atoms with E-state index in [4.69, 9.17) is 9.16 Å². The predicted octanol–water partition coefficient (Wildman–Crippen LogP) is 4.65. The highest BCUT2D eigenvalue weighted by atomic mass is 28.4. The van der Waals surface area contributed by atoms with Crippen molar-refractivity contribution in [1.29, 1.82) is 0 Å². The van der Waals surface area contributed by atoms with E-state index in [1.807, 2.05) is 25.1 Å². The number of allylic oxidation sites excluding steroid dienone is 1. The van der Waals surface area contributed by atoms with Crippen LogP contribution in [-0.4, -0.2) is 14.9 Å². The van der Waals surface area contributed by atoms with E-state index in [-0.39, 0.29) is 0 Å². The highest BCUT2D eigenvalue weighted by molar-refractivity contribution is 6.70. The van der Waals surface area contributed by atoms with Crippen molar-refractivity contribution in [3.8, 4) is 0 Å². The van der Waals surface area contributed by atoms with Crippen molar-refractivity contribution in [3.63, 3.8) is 0 Å². The van der Waals surface area contributed by atoms with Crippen LogP contribution in [0.15, 0.2) is 36.3 Å². The molecule has 2 nitrogen and oxygen atoms in total. The molecule has 18 heavy (non-hydrogen) atoms. The average molecular weight is 264 g/mol. The van der Waals surface area contributed by atoms with E-state index >= 15 is 0 Å². The van der Waals surface area contributed by atoms with Gasteiger partial charge in [-0.25, -0.2) is 0 Å². The minimum atomic E-state index is -1.65. The normalized spacial score (nSPS) is 12.9. The van der Waals surface area contributed by atoms with Gasteiger partial charge in [0.25, 0.3) is 5.95 Å².